The van der Waals surface area contributed by atoms with Crippen LogP contribution in [0.5, 0.6) is 0 Å². The van der Waals surface area contributed by atoms with E-state index in [0.29, 0.717) is 12.0 Å². The predicted molar refractivity (Wildman–Crippen MR) is 93.1 cm³/mol. The van der Waals surface area contributed by atoms with Crippen molar-refractivity contribution in [1.82, 2.24) is 0 Å². The third-order valence-electron chi connectivity index (χ3n) is 4.34. The van der Waals surface area contributed by atoms with Gasteiger partial charge in [-0.05, 0) is 24.5 Å². The molecule has 5 heteroatoms. The lowest BCUT2D eigenvalue weighted by Gasteiger charge is -2.30. The maximum atomic E-state index is 14.1. The van der Waals surface area contributed by atoms with Gasteiger partial charge in [-0.25, -0.2) is 0 Å². The Labute approximate surface area is 151 Å². The van der Waals surface area contributed by atoms with Gasteiger partial charge in [0.05, 0.1) is 0 Å². The van der Waals surface area contributed by atoms with E-state index in [4.69, 9.17) is 9.47 Å². The summed E-state index contributed by atoms with van der Waals surface area (Å²) in [4.78, 5) is 0. The standard InChI is InChI=1S/C21H21F3O2/c1-2-3-6-15-18-19(16-11-7-4-8-12-16)26-20(25-18,21(22,23)24)17-13-9-5-10-14-17/h4-5,7-15,19H,2-3,6H2,1H3/b18-15-. The van der Waals surface area contributed by atoms with Gasteiger partial charge in [-0.3, -0.25) is 0 Å². The zero-order valence-corrected chi connectivity index (χ0v) is 14.5. The average Bonchev–Trinajstić information content (AvgIpc) is 3.04. The summed E-state index contributed by atoms with van der Waals surface area (Å²) in [6.07, 6.45) is -1.43. The van der Waals surface area contributed by atoms with Crippen molar-refractivity contribution in [2.75, 3.05) is 0 Å². The first-order valence-electron chi connectivity index (χ1n) is 8.72. The minimum Gasteiger partial charge on any atom is -0.451 e. The van der Waals surface area contributed by atoms with E-state index in [1.54, 1.807) is 48.5 Å². The van der Waals surface area contributed by atoms with Crippen molar-refractivity contribution in [1.29, 1.82) is 0 Å². The first kappa shape index (κ1) is 18.5. The van der Waals surface area contributed by atoms with Crippen molar-refractivity contribution < 1.29 is 22.6 Å². The molecular weight excluding hydrogens is 341 g/mol. The number of unbranched alkanes of at least 4 members (excludes halogenated alkanes) is 2. The molecule has 2 atom stereocenters. The Bertz CT molecular complexity index is 741. The molecule has 2 unspecified atom stereocenters. The second-order valence-corrected chi connectivity index (χ2v) is 6.24. The van der Waals surface area contributed by atoms with Crippen LogP contribution in [0.3, 0.4) is 0 Å². The fourth-order valence-corrected chi connectivity index (χ4v) is 3.00. The normalized spacial score (nSPS) is 24.6. The van der Waals surface area contributed by atoms with E-state index in [1.165, 1.54) is 12.1 Å². The number of hydrogen-bond acceptors (Lipinski definition) is 2. The largest absolute Gasteiger partial charge is 0.460 e. The highest BCUT2D eigenvalue weighted by Gasteiger charge is 2.65. The SMILES string of the molecule is CCCC/C=C1\OC(c2ccccc2)(C(F)(F)F)OC1c1ccccc1. The summed E-state index contributed by atoms with van der Waals surface area (Å²) in [5, 5.41) is 0. The lowest BCUT2D eigenvalue weighted by molar-refractivity contribution is -0.354. The number of benzene rings is 2. The second-order valence-electron chi connectivity index (χ2n) is 6.24. The smallest absolute Gasteiger partial charge is 0.451 e. The molecule has 0 aliphatic carbocycles. The van der Waals surface area contributed by atoms with Gasteiger partial charge < -0.3 is 9.47 Å². The number of halogens is 3. The van der Waals surface area contributed by atoms with E-state index >= 15 is 0 Å². The van der Waals surface area contributed by atoms with Crippen LogP contribution < -0.4 is 0 Å². The molecule has 1 aliphatic heterocycles. The van der Waals surface area contributed by atoms with Crippen LogP contribution in [-0.4, -0.2) is 6.18 Å². The van der Waals surface area contributed by atoms with Crippen molar-refractivity contribution in [3.05, 3.63) is 83.6 Å². The molecule has 0 amide bonds. The predicted octanol–water partition coefficient (Wildman–Crippen LogP) is 6.26. The third-order valence-corrected chi connectivity index (χ3v) is 4.34. The Hall–Kier alpha value is -2.27. The minimum absolute atomic E-state index is 0.0627. The highest BCUT2D eigenvalue weighted by Crippen LogP contribution is 2.54. The molecule has 0 radical (unpaired) electrons. The fourth-order valence-electron chi connectivity index (χ4n) is 3.00. The van der Waals surface area contributed by atoms with Crippen molar-refractivity contribution >= 4 is 0 Å². The summed E-state index contributed by atoms with van der Waals surface area (Å²) < 4.78 is 53.4. The lowest BCUT2D eigenvalue weighted by Crippen LogP contribution is -2.43. The van der Waals surface area contributed by atoms with E-state index in [9.17, 15) is 13.2 Å². The van der Waals surface area contributed by atoms with Gasteiger partial charge in [0.15, 0.2) is 0 Å². The summed E-state index contributed by atoms with van der Waals surface area (Å²) in [5.41, 5.74) is 0.574. The topological polar surface area (TPSA) is 18.5 Å². The Morgan fingerprint density at radius 3 is 2.19 bits per heavy atom. The van der Waals surface area contributed by atoms with Crippen LogP contribution in [0.2, 0.25) is 0 Å². The number of hydrogen-bond donors (Lipinski definition) is 0. The molecule has 0 spiro atoms. The molecule has 2 aromatic carbocycles. The van der Waals surface area contributed by atoms with Crippen LogP contribution in [0.1, 0.15) is 43.4 Å². The highest BCUT2D eigenvalue weighted by atomic mass is 19.4. The van der Waals surface area contributed by atoms with Gasteiger partial charge in [0.1, 0.15) is 11.9 Å². The molecular formula is C21H21F3O2. The molecule has 1 aliphatic rings. The van der Waals surface area contributed by atoms with Gasteiger partial charge in [0.2, 0.25) is 0 Å². The average molecular weight is 362 g/mol. The van der Waals surface area contributed by atoms with E-state index < -0.39 is 18.1 Å². The summed E-state index contributed by atoms with van der Waals surface area (Å²) in [5.74, 6) is -2.59. The molecule has 26 heavy (non-hydrogen) atoms. The first-order chi connectivity index (χ1) is 12.5. The Morgan fingerprint density at radius 1 is 1.00 bits per heavy atom. The van der Waals surface area contributed by atoms with Crippen molar-refractivity contribution in [3.8, 4) is 0 Å². The van der Waals surface area contributed by atoms with Gasteiger partial charge >= 0.3 is 12.0 Å². The van der Waals surface area contributed by atoms with Gasteiger partial charge in [0.25, 0.3) is 0 Å². The lowest BCUT2D eigenvalue weighted by atomic mass is 10.1. The molecule has 3 rings (SSSR count). The monoisotopic (exact) mass is 362 g/mol. The number of ether oxygens (including phenoxy) is 2. The molecule has 1 fully saturated rings. The van der Waals surface area contributed by atoms with E-state index in [1.807, 2.05) is 13.0 Å². The molecule has 0 bridgehead atoms. The van der Waals surface area contributed by atoms with Gasteiger partial charge in [-0.15, -0.1) is 0 Å². The molecule has 2 aromatic rings. The molecule has 2 nitrogen and oxygen atoms in total. The molecule has 1 heterocycles. The van der Waals surface area contributed by atoms with Crippen molar-refractivity contribution in [2.45, 2.75) is 44.3 Å². The van der Waals surface area contributed by atoms with Crippen molar-refractivity contribution in [2.24, 2.45) is 0 Å². The molecule has 0 aromatic heterocycles. The molecule has 1 saturated heterocycles. The zero-order chi connectivity index (χ0) is 18.6. The molecule has 0 saturated carbocycles. The Kier molecular flexibility index (Phi) is 5.37. The van der Waals surface area contributed by atoms with Gasteiger partial charge in [0, 0.05) is 5.56 Å². The highest BCUT2D eigenvalue weighted by molar-refractivity contribution is 5.31. The Balaban J connectivity index is 2.06. The molecule has 0 N–H and O–H groups in total. The third kappa shape index (κ3) is 3.49. The van der Waals surface area contributed by atoms with Crippen LogP contribution in [0, 0.1) is 0 Å². The second kappa shape index (κ2) is 7.54. The van der Waals surface area contributed by atoms with Crippen molar-refractivity contribution in [3.63, 3.8) is 0 Å². The van der Waals surface area contributed by atoms with Crippen LogP contribution in [0.4, 0.5) is 13.2 Å². The number of alkyl halides is 3. The van der Waals surface area contributed by atoms with Crippen LogP contribution in [0.15, 0.2) is 72.5 Å². The quantitative estimate of drug-likeness (QED) is 0.584. The van der Waals surface area contributed by atoms with Crippen LogP contribution in [-0.2, 0) is 15.3 Å². The van der Waals surface area contributed by atoms with Crippen LogP contribution in [0.25, 0.3) is 0 Å². The Morgan fingerprint density at radius 2 is 1.62 bits per heavy atom. The minimum atomic E-state index is -4.72. The van der Waals surface area contributed by atoms with E-state index in [2.05, 4.69) is 0 Å². The summed E-state index contributed by atoms with van der Waals surface area (Å²) >= 11 is 0. The number of rotatable bonds is 5. The number of allylic oxidation sites excluding steroid dienone is 1. The summed E-state index contributed by atoms with van der Waals surface area (Å²) in [6.45, 7) is 2.03. The maximum absolute atomic E-state index is 14.1. The fraction of sp³-hybridized carbons (Fsp3) is 0.333. The molecule has 138 valence electrons. The van der Waals surface area contributed by atoms with Crippen LogP contribution >= 0.6 is 0 Å². The summed E-state index contributed by atoms with van der Waals surface area (Å²) in [7, 11) is 0. The van der Waals surface area contributed by atoms with E-state index in [-0.39, 0.29) is 11.3 Å². The van der Waals surface area contributed by atoms with Gasteiger partial charge in [-0.1, -0.05) is 74.0 Å². The van der Waals surface area contributed by atoms with E-state index in [0.717, 1.165) is 12.8 Å². The van der Waals surface area contributed by atoms with Gasteiger partial charge in [-0.2, -0.15) is 13.2 Å². The summed E-state index contributed by atoms with van der Waals surface area (Å²) in [6, 6.07) is 16.4. The zero-order valence-electron chi connectivity index (χ0n) is 14.5. The first-order valence-corrected chi connectivity index (χ1v) is 8.72. The maximum Gasteiger partial charge on any atom is 0.460 e.